The maximum absolute atomic E-state index is 13.0. The first-order chi connectivity index (χ1) is 15.0. The molecule has 1 aromatic carbocycles. The monoisotopic (exact) mass is 426 g/mol. The minimum absolute atomic E-state index is 0.0871. The van der Waals surface area contributed by atoms with Crippen LogP contribution in [0.3, 0.4) is 0 Å². The van der Waals surface area contributed by atoms with Crippen molar-refractivity contribution >= 4 is 12.4 Å². The molecular weight excluding hydrogens is 400 g/mol. The van der Waals surface area contributed by atoms with E-state index in [2.05, 4.69) is 34.5 Å². The SMILES string of the molecule is Cc1nnnn1CCC(=O)N1CCn2nc(-c3ccccc3)nc2[C@@H]1C(C)C.O=CO. The van der Waals surface area contributed by atoms with E-state index in [9.17, 15) is 4.79 Å². The van der Waals surface area contributed by atoms with Gasteiger partial charge in [0.05, 0.1) is 19.1 Å². The summed E-state index contributed by atoms with van der Waals surface area (Å²) in [5.74, 6) is 2.58. The number of benzene rings is 1. The molecule has 1 aliphatic rings. The highest BCUT2D eigenvalue weighted by Crippen LogP contribution is 2.32. The van der Waals surface area contributed by atoms with Crippen molar-refractivity contribution in [2.75, 3.05) is 6.54 Å². The second-order valence-electron chi connectivity index (χ2n) is 7.46. The molecule has 1 atom stereocenters. The van der Waals surface area contributed by atoms with Gasteiger partial charge in [0.2, 0.25) is 5.91 Å². The highest BCUT2D eigenvalue weighted by atomic mass is 16.3. The van der Waals surface area contributed by atoms with Crippen LogP contribution in [0.4, 0.5) is 0 Å². The number of aromatic nitrogens is 7. The lowest BCUT2D eigenvalue weighted by molar-refractivity contribution is -0.136. The number of aryl methyl sites for hydroxylation is 2. The smallest absolute Gasteiger partial charge is 0.290 e. The number of amides is 1. The Labute approximate surface area is 179 Å². The lowest BCUT2D eigenvalue weighted by atomic mass is 9.99. The fourth-order valence-electron chi connectivity index (χ4n) is 3.67. The van der Waals surface area contributed by atoms with Crippen LogP contribution < -0.4 is 0 Å². The Kier molecular flexibility index (Phi) is 7.06. The molecule has 2 aromatic heterocycles. The first-order valence-corrected chi connectivity index (χ1v) is 10.1. The van der Waals surface area contributed by atoms with Crippen LogP contribution in [0.5, 0.6) is 0 Å². The molecule has 0 aliphatic carbocycles. The summed E-state index contributed by atoms with van der Waals surface area (Å²) < 4.78 is 3.60. The highest BCUT2D eigenvalue weighted by molar-refractivity contribution is 5.76. The van der Waals surface area contributed by atoms with E-state index in [0.717, 1.165) is 11.4 Å². The van der Waals surface area contributed by atoms with Gasteiger partial charge in [0.15, 0.2) is 11.6 Å². The average Bonchev–Trinajstić information content (AvgIpc) is 3.38. The minimum Gasteiger partial charge on any atom is -0.483 e. The summed E-state index contributed by atoms with van der Waals surface area (Å²) in [4.78, 5) is 28.1. The van der Waals surface area contributed by atoms with Crippen molar-refractivity contribution in [3.05, 3.63) is 42.0 Å². The maximum Gasteiger partial charge on any atom is 0.290 e. The van der Waals surface area contributed by atoms with Crippen LogP contribution in [-0.4, -0.2) is 63.9 Å². The average molecular weight is 426 g/mol. The largest absolute Gasteiger partial charge is 0.483 e. The molecule has 31 heavy (non-hydrogen) atoms. The Morgan fingerprint density at radius 2 is 1.97 bits per heavy atom. The van der Waals surface area contributed by atoms with Gasteiger partial charge in [-0.3, -0.25) is 9.59 Å². The van der Waals surface area contributed by atoms with Crippen LogP contribution in [0, 0.1) is 12.8 Å². The molecule has 0 saturated heterocycles. The fourth-order valence-corrected chi connectivity index (χ4v) is 3.67. The van der Waals surface area contributed by atoms with E-state index in [1.807, 2.05) is 46.8 Å². The molecule has 0 fully saturated rings. The number of hydrogen-bond donors (Lipinski definition) is 1. The van der Waals surface area contributed by atoms with E-state index in [-0.39, 0.29) is 24.3 Å². The van der Waals surface area contributed by atoms with Crippen molar-refractivity contribution in [1.82, 2.24) is 39.9 Å². The third-order valence-electron chi connectivity index (χ3n) is 5.09. The summed E-state index contributed by atoms with van der Waals surface area (Å²) in [6.45, 7) is 7.55. The molecular formula is C20H26N8O3. The van der Waals surface area contributed by atoms with Gasteiger partial charge in [-0.05, 0) is 23.3 Å². The lowest BCUT2D eigenvalue weighted by Gasteiger charge is -2.37. The van der Waals surface area contributed by atoms with Gasteiger partial charge in [0.1, 0.15) is 5.82 Å². The number of nitrogens with zero attached hydrogens (tertiary/aromatic N) is 8. The predicted molar refractivity (Wildman–Crippen MR) is 111 cm³/mol. The second-order valence-corrected chi connectivity index (χ2v) is 7.46. The lowest BCUT2D eigenvalue weighted by Crippen LogP contribution is -2.44. The topological polar surface area (TPSA) is 132 Å². The number of carbonyl (C=O) groups excluding carboxylic acids is 1. The number of tetrazole rings is 1. The van der Waals surface area contributed by atoms with Crippen LogP contribution in [0.1, 0.15) is 38.0 Å². The van der Waals surface area contributed by atoms with Crippen molar-refractivity contribution < 1.29 is 14.7 Å². The first-order valence-electron chi connectivity index (χ1n) is 10.1. The van der Waals surface area contributed by atoms with Crippen molar-refractivity contribution in [3.8, 4) is 11.4 Å². The normalized spacial score (nSPS) is 15.2. The molecule has 0 saturated carbocycles. The third kappa shape index (κ3) is 4.93. The van der Waals surface area contributed by atoms with Gasteiger partial charge in [-0.1, -0.05) is 44.2 Å². The number of rotatable bonds is 5. The van der Waals surface area contributed by atoms with E-state index in [4.69, 9.17) is 14.9 Å². The van der Waals surface area contributed by atoms with Crippen LogP contribution in [0.25, 0.3) is 11.4 Å². The summed E-state index contributed by atoms with van der Waals surface area (Å²) in [5.41, 5.74) is 0.985. The van der Waals surface area contributed by atoms with Crippen LogP contribution in [0.15, 0.2) is 30.3 Å². The van der Waals surface area contributed by atoms with Gasteiger partial charge < -0.3 is 10.0 Å². The molecule has 0 radical (unpaired) electrons. The Morgan fingerprint density at radius 1 is 1.26 bits per heavy atom. The summed E-state index contributed by atoms with van der Waals surface area (Å²) >= 11 is 0. The van der Waals surface area contributed by atoms with E-state index in [1.54, 1.807) is 4.68 Å². The third-order valence-corrected chi connectivity index (χ3v) is 5.09. The second kappa shape index (κ2) is 9.92. The molecule has 4 rings (SSSR count). The van der Waals surface area contributed by atoms with E-state index in [1.165, 1.54) is 0 Å². The molecule has 1 N–H and O–H groups in total. The summed E-state index contributed by atoms with van der Waals surface area (Å²) in [6, 6.07) is 9.84. The first kappa shape index (κ1) is 22.1. The molecule has 11 nitrogen and oxygen atoms in total. The predicted octanol–water partition coefficient (Wildman–Crippen LogP) is 1.57. The number of hydrogen-bond acceptors (Lipinski definition) is 7. The highest BCUT2D eigenvalue weighted by Gasteiger charge is 2.35. The Balaban J connectivity index is 0.000000858. The van der Waals surface area contributed by atoms with E-state index < -0.39 is 0 Å². The van der Waals surface area contributed by atoms with Gasteiger partial charge in [0.25, 0.3) is 6.47 Å². The molecule has 0 spiro atoms. The van der Waals surface area contributed by atoms with Crippen LogP contribution >= 0.6 is 0 Å². The number of carboxylic acid groups (broad SMARTS) is 1. The van der Waals surface area contributed by atoms with Crippen molar-refractivity contribution in [2.24, 2.45) is 5.92 Å². The van der Waals surface area contributed by atoms with Gasteiger partial charge in [-0.15, -0.1) is 5.10 Å². The Morgan fingerprint density at radius 3 is 2.58 bits per heavy atom. The molecule has 0 unspecified atom stereocenters. The molecule has 3 heterocycles. The maximum atomic E-state index is 13.0. The quantitative estimate of drug-likeness (QED) is 0.608. The Hall–Kier alpha value is -3.63. The molecule has 11 heteroatoms. The van der Waals surface area contributed by atoms with E-state index >= 15 is 0 Å². The van der Waals surface area contributed by atoms with Crippen molar-refractivity contribution in [1.29, 1.82) is 0 Å². The molecule has 164 valence electrons. The van der Waals surface area contributed by atoms with E-state index in [0.29, 0.717) is 37.7 Å². The summed E-state index contributed by atoms with van der Waals surface area (Å²) in [5, 5.41) is 23.0. The molecule has 3 aromatic rings. The van der Waals surface area contributed by atoms with Crippen LogP contribution in [-0.2, 0) is 22.7 Å². The van der Waals surface area contributed by atoms with Gasteiger partial charge in [-0.25, -0.2) is 14.3 Å². The zero-order valence-corrected chi connectivity index (χ0v) is 17.8. The van der Waals surface area contributed by atoms with Crippen molar-refractivity contribution in [2.45, 2.75) is 46.3 Å². The summed E-state index contributed by atoms with van der Waals surface area (Å²) in [7, 11) is 0. The van der Waals surface area contributed by atoms with Gasteiger partial charge in [-0.2, -0.15) is 5.10 Å². The van der Waals surface area contributed by atoms with Gasteiger partial charge in [0, 0.05) is 18.5 Å². The van der Waals surface area contributed by atoms with Crippen LogP contribution in [0.2, 0.25) is 0 Å². The number of fused-ring (bicyclic) bond motifs is 1. The molecule has 1 aliphatic heterocycles. The van der Waals surface area contributed by atoms with Gasteiger partial charge >= 0.3 is 0 Å². The number of carbonyl (C=O) groups is 2. The summed E-state index contributed by atoms with van der Waals surface area (Å²) in [6.07, 6.45) is 0.356. The fraction of sp³-hybridized carbons (Fsp3) is 0.450. The minimum atomic E-state index is -0.250. The molecule has 1 amide bonds. The Bertz CT molecular complexity index is 1010. The zero-order chi connectivity index (χ0) is 22.4. The zero-order valence-electron chi connectivity index (χ0n) is 17.8. The van der Waals surface area contributed by atoms with Crippen molar-refractivity contribution in [3.63, 3.8) is 0 Å². The standard InChI is InChI=1S/C19H24N8O.CH2O2/c1-13(2)17-19-20-18(15-7-5-4-6-8-15)22-27(19)12-11-25(17)16(28)9-10-26-14(3)21-23-24-26;2-1-3/h4-8,13,17H,9-12H2,1-3H3;1H,(H,2,3)/t17-;/m0./s1. The molecule has 0 bridgehead atoms.